The highest BCUT2D eigenvalue weighted by molar-refractivity contribution is 5.94. The molecule has 12 atom stereocenters. The number of fused-ring (bicyclic) bond motifs is 1. The monoisotopic (exact) mass is 467 g/mol. The Bertz CT molecular complexity index is 994. The van der Waals surface area contributed by atoms with Crippen molar-refractivity contribution in [1.82, 2.24) is 5.32 Å². The van der Waals surface area contributed by atoms with Crippen molar-refractivity contribution in [2.75, 3.05) is 6.54 Å². The summed E-state index contributed by atoms with van der Waals surface area (Å²) in [6.45, 7) is 9.49. The van der Waals surface area contributed by atoms with Gasteiger partial charge in [0, 0.05) is 6.04 Å². The number of nitrogens with one attached hydrogen (secondary N) is 1. The molecule has 2 spiro atoms. The lowest BCUT2D eigenvalue weighted by Crippen LogP contribution is -2.67. The van der Waals surface area contributed by atoms with E-state index in [0.717, 1.165) is 0 Å². The molecule has 2 saturated carbocycles. The highest BCUT2D eigenvalue weighted by Gasteiger charge is 3.05. The Morgan fingerprint density at radius 3 is 2.30 bits per heavy atom. The maximum absolute atomic E-state index is 13.7. The van der Waals surface area contributed by atoms with Crippen molar-refractivity contribution in [3.05, 3.63) is 0 Å². The third-order valence-corrected chi connectivity index (χ3v) is 9.42. The molecule has 4 aliphatic heterocycles. The van der Waals surface area contributed by atoms with Gasteiger partial charge >= 0.3 is 17.9 Å². The van der Waals surface area contributed by atoms with E-state index in [2.05, 4.69) is 5.32 Å². The predicted octanol–water partition coefficient (Wildman–Crippen LogP) is -1.78. The van der Waals surface area contributed by atoms with Crippen molar-refractivity contribution in [3.8, 4) is 0 Å². The van der Waals surface area contributed by atoms with Crippen LogP contribution < -0.4 is 5.32 Å². The predicted molar refractivity (Wildman–Crippen MR) is 105 cm³/mol. The van der Waals surface area contributed by atoms with E-state index in [1.54, 1.807) is 0 Å². The number of esters is 3. The molecule has 6 rings (SSSR count). The first-order chi connectivity index (χ1) is 15.3. The Morgan fingerprint density at radius 2 is 1.70 bits per heavy atom. The van der Waals surface area contributed by atoms with E-state index in [1.165, 1.54) is 6.92 Å². The van der Waals surface area contributed by atoms with E-state index < -0.39 is 93.9 Å². The van der Waals surface area contributed by atoms with E-state index in [9.17, 15) is 29.7 Å². The Labute approximate surface area is 189 Å². The van der Waals surface area contributed by atoms with Crippen LogP contribution in [-0.4, -0.2) is 87.7 Å². The molecule has 33 heavy (non-hydrogen) atoms. The van der Waals surface area contributed by atoms with Crippen molar-refractivity contribution in [3.63, 3.8) is 0 Å². The van der Waals surface area contributed by atoms with Crippen LogP contribution in [0, 0.1) is 28.1 Å². The second-order valence-corrected chi connectivity index (χ2v) is 11.4. The van der Waals surface area contributed by atoms with Gasteiger partial charge in [-0.2, -0.15) is 0 Å². The van der Waals surface area contributed by atoms with E-state index in [4.69, 9.17) is 18.9 Å². The Morgan fingerprint density at radius 1 is 1.03 bits per heavy atom. The Kier molecular flexibility index (Phi) is 3.76. The van der Waals surface area contributed by atoms with Crippen molar-refractivity contribution in [2.45, 2.75) is 82.6 Å². The minimum atomic E-state index is -2.29. The molecule has 4 saturated heterocycles. The van der Waals surface area contributed by atoms with Crippen molar-refractivity contribution < 1.29 is 48.7 Å². The van der Waals surface area contributed by atoms with E-state index in [1.807, 2.05) is 27.7 Å². The Hall–Kier alpha value is -1.79. The molecule has 0 aromatic carbocycles. The van der Waals surface area contributed by atoms with Gasteiger partial charge in [0.2, 0.25) is 11.9 Å². The molecule has 2 aliphatic carbocycles. The molecule has 182 valence electrons. The first-order valence-corrected chi connectivity index (χ1v) is 11.4. The van der Waals surface area contributed by atoms with E-state index in [0.29, 0.717) is 6.54 Å². The SMILES string of the molecule is CCN[C@H]1C(C(C)(C)C)C23C(OC(=O)[C@@H]2O)O[C@@]24C(=O)OC1C32C(O)[C@@H]1OC(=O)C(C)[C@@]14O. The lowest BCUT2D eigenvalue weighted by molar-refractivity contribution is -0.240. The summed E-state index contributed by atoms with van der Waals surface area (Å²) in [5, 5.41) is 38.7. The normalized spacial score (nSPS) is 58.0. The molecule has 6 fully saturated rings. The summed E-state index contributed by atoms with van der Waals surface area (Å²) >= 11 is 0. The molecular weight excluding hydrogens is 438 g/mol. The van der Waals surface area contributed by atoms with Crippen LogP contribution >= 0.6 is 0 Å². The molecule has 0 radical (unpaired) electrons. The summed E-state index contributed by atoms with van der Waals surface area (Å²) in [5.41, 5.74) is -8.64. The topological polar surface area (TPSA) is 161 Å². The minimum absolute atomic E-state index is 0.468. The maximum Gasteiger partial charge on any atom is 0.343 e. The van der Waals surface area contributed by atoms with Crippen LogP contribution in [0.5, 0.6) is 0 Å². The lowest BCUT2D eigenvalue weighted by Gasteiger charge is -2.47. The van der Waals surface area contributed by atoms with E-state index >= 15 is 0 Å². The maximum atomic E-state index is 13.7. The number of rotatable bonds is 2. The summed E-state index contributed by atoms with van der Waals surface area (Å²) in [6, 6.07) is -0.612. The van der Waals surface area contributed by atoms with Crippen LogP contribution in [0.15, 0.2) is 0 Å². The number of aliphatic hydroxyl groups excluding tert-OH is 2. The number of hydrogen-bond acceptors (Lipinski definition) is 11. The molecule has 11 heteroatoms. The van der Waals surface area contributed by atoms with E-state index in [-0.39, 0.29) is 0 Å². The van der Waals surface area contributed by atoms with Gasteiger partial charge in [-0.25, -0.2) is 9.59 Å². The zero-order chi connectivity index (χ0) is 24.1. The largest absolute Gasteiger partial charge is 0.458 e. The number of carbonyl (C=O) groups is 3. The zero-order valence-electron chi connectivity index (χ0n) is 19.0. The van der Waals surface area contributed by atoms with Crippen LogP contribution in [0.25, 0.3) is 0 Å². The van der Waals surface area contributed by atoms with Crippen molar-refractivity contribution in [1.29, 1.82) is 0 Å². The second kappa shape index (κ2) is 5.71. The average molecular weight is 467 g/mol. The van der Waals surface area contributed by atoms with Gasteiger partial charge in [-0.3, -0.25) is 4.79 Å². The lowest BCUT2D eigenvalue weighted by atomic mass is 9.51. The number of likely N-dealkylation sites (N-methyl/N-ethyl adjacent to an activating group) is 1. The van der Waals surface area contributed by atoms with Gasteiger partial charge < -0.3 is 39.6 Å². The van der Waals surface area contributed by atoms with Gasteiger partial charge in [-0.1, -0.05) is 27.7 Å². The molecule has 0 bridgehead atoms. The molecule has 0 amide bonds. The van der Waals surface area contributed by atoms with Gasteiger partial charge in [-0.05, 0) is 24.8 Å². The van der Waals surface area contributed by atoms with Crippen LogP contribution in [0.1, 0.15) is 34.6 Å². The molecule has 0 aromatic heterocycles. The highest BCUT2D eigenvalue weighted by Crippen LogP contribution is 2.84. The van der Waals surface area contributed by atoms with Crippen LogP contribution in [-0.2, 0) is 33.3 Å². The van der Waals surface area contributed by atoms with Crippen molar-refractivity contribution >= 4 is 17.9 Å². The van der Waals surface area contributed by atoms with Crippen LogP contribution in [0.3, 0.4) is 0 Å². The summed E-state index contributed by atoms with van der Waals surface area (Å²) in [6.07, 6.45) is -7.46. The zero-order valence-corrected chi connectivity index (χ0v) is 19.0. The fourth-order valence-electron chi connectivity index (χ4n) is 8.78. The molecular formula is C22H29NO10. The molecule has 7 unspecified atom stereocenters. The summed E-state index contributed by atoms with van der Waals surface area (Å²) in [4.78, 5) is 39.0. The van der Waals surface area contributed by atoms with Crippen LogP contribution in [0.2, 0.25) is 0 Å². The fraction of sp³-hybridized carbons (Fsp3) is 0.864. The van der Waals surface area contributed by atoms with Gasteiger partial charge in [-0.15, -0.1) is 0 Å². The number of aliphatic hydroxyl groups is 3. The molecule has 6 aliphatic rings. The summed E-state index contributed by atoms with van der Waals surface area (Å²) in [5.74, 6) is -4.53. The highest BCUT2D eigenvalue weighted by atomic mass is 16.8. The standard InChI is InChI=1S/C22H29NO10/c1-6-23-8-9(18(3,4)5)19-11(25)15(27)32-17(19)33-22-16(28)31-12(8)20(19,22)10(24)13-21(22,29)7(2)14(26)30-13/h7-13,17,23-25,29H,6H2,1-5H3/t7?,8-,9?,10?,11-,12?,13-,17?,19?,20?,21+,22-/m0/s1. The first-order valence-electron chi connectivity index (χ1n) is 11.4. The molecule has 4 N–H and O–H groups in total. The summed E-state index contributed by atoms with van der Waals surface area (Å²) < 4.78 is 23.0. The molecule has 0 aromatic rings. The number of ether oxygens (including phenoxy) is 4. The Balaban J connectivity index is 1.74. The van der Waals surface area contributed by atoms with Crippen molar-refractivity contribution in [2.24, 2.45) is 28.1 Å². The van der Waals surface area contributed by atoms with Gasteiger partial charge in [0.15, 0.2) is 17.8 Å². The fourth-order valence-corrected chi connectivity index (χ4v) is 8.78. The third-order valence-electron chi connectivity index (χ3n) is 9.42. The van der Waals surface area contributed by atoms with Crippen LogP contribution in [0.4, 0.5) is 0 Å². The number of hydrogen-bond donors (Lipinski definition) is 4. The second-order valence-electron chi connectivity index (χ2n) is 11.4. The minimum Gasteiger partial charge on any atom is -0.458 e. The average Bonchev–Trinajstić information content (AvgIpc) is 3.41. The molecule has 4 heterocycles. The summed E-state index contributed by atoms with van der Waals surface area (Å²) in [7, 11) is 0. The van der Waals surface area contributed by atoms with Gasteiger partial charge in [0.1, 0.15) is 12.2 Å². The number of carbonyl (C=O) groups excluding carboxylic acids is 3. The molecule has 11 nitrogen and oxygen atoms in total. The van der Waals surface area contributed by atoms with Gasteiger partial charge in [0.05, 0.1) is 16.7 Å². The quantitative estimate of drug-likeness (QED) is 0.268. The first kappa shape index (κ1) is 21.7. The smallest absolute Gasteiger partial charge is 0.343 e. The van der Waals surface area contributed by atoms with Gasteiger partial charge in [0.25, 0.3) is 0 Å². The third kappa shape index (κ3) is 1.69.